The smallest absolute Gasteiger partial charge is 0.331 e. The van der Waals surface area contributed by atoms with Crippen molar-refractivity contribution in [2.24, 2.45) is 5.92 Å². The fourth-order valence-electron chi connectivity index (χ4n) is 1.55. The average molecular weight is 253 g/mol. The largest absolute Gasteiger partial charge is 0.464 e. The highest BCUT2D eigenvalue weighted by atomic mass is 19.1. The number of ether oxygens (including phenoxy) is 1. The van der Waals surface area contributed by atoms with Gasteiger partial charge in [-0.1, -0.05) is 26.0 Å². The Morgan fingerprint density at radius 3 is 2.56 bits per heavy atom. The number of esters is 1. The number of hydrogen-bond acceptors (Lipinski definition) is 3. The van der Waals surface area contributed by atoms with Crippen LogP contribution in [-0.4, -0.2) is 18.1 Å². The molecule has 1 unspecified atom stereocenters. The number of carbonyl (C=O) groups is 1. The molecule has 3 nitrogen and oxygen atoms in total. The van der Waals surface area contributed by atoms with Crippen LogP contribution in [0.5, 0.6) is 0 Å². The molecule has 0 amide bonds. The van der Waals surface area contributed by atoms with Crippen LogP contribution in [0.3, 0.4) is 0 Å². The molecule has 1 atom stereocenters. The van der Waals surface area contributed by atoms with E-state index in [2.05, 4.69) is 5.32 Å². The number of anilines is 1. The lowest BCUT2D eigenvalue weighted by molar-refractivity contribution is -0.149. The molecule has 1 N–H and O–H groups in total. The number of halogens is 1. The van der Waals surface area contributed by atoms with E-state index in [4.69, 9.17) is 4.74 Å². The van der Waals surface area contributed by atoms with E-state index in [-0.39, 0.29) is 17.7 Å². The fraction of sp³-hybridized carbons (Fsp3) is 0.500. The van der Waals surface area contributed by atoms with Crippen LogP contribution in [0.1, 0.15) is 27.7 Å². The molecule has 4 heteroatoms. The van der Waals surface area contributed by atoms with E-state index in [1.165, 1.54) is 6.07 Å². The zero-order chi connectivity index (χ0) is 13.8. The van der Waals surface area contributed by atoms with Gasteiger partial charge in [-0.05, 0) is 31.9 Å². The first kappa shape index (κ1) is 14.5. The lowest BCUT2D eigenvalue weighted by Gasteiger charge is -2.33. The Balaban J connectivity index is 3.00. The molecule has 0 saturated heterocycles. The minimum absolute atomic E-state index is 0.0313. The van der Waals surface area contributed by atoms with Crippen molar-refractivity contribution in [1.29, 1.82) is 0 Å². The monoisotopic (exact) mass is 253 g/mol. The Kier molecular flexibility index (Phi) is 4.70. The summed E-state index contributed by atoms with van der Waals surface area (Å²) in [6, 6.07) is 6.29. The Labute approximate surface area is 107 Å². The molecule has 0 heterocycles. The first-order chi connectivity index (χ1) is 8.41. The molecular weight excluding hydrogens is 233 g/mol. The Morgan fingerprint density at radius 2 is 2.06 bits per heavy atom. The lowest BCUT2D eigenvalue weighted by Crippen LogP contribution is -2.49. The molecule has 0 spiro atoms. The second-order valence-corrected chi connectivity index (χ2v) is 4.68. The summed E-state index contributed by atoms with van der Waals surface area (Å²) in [7, 11) is 0. The summed E-state index contributed by atoms with van der Waals surface area (Å²) >= 11 is 0. The fourth-order valence-corrected chi connectivity index (χ4v) is 1.55. The van der Waals surface area contributed by atoms with Gasteiger partial charge in [0.1, 0.15) is 11.4 Å². The van der Waals surface area contributed by atoms with Crippen molar-refractivity contribution in [3.05, 3.63) is 30.1 Å². The van der Waals surface area contributed by atoms with Crippen molar-refractivity contribution >= 4 is 11.7 Å². The Hall–Kier alpha value is -1.58. The zero-order valence-electron chi connectivity index (χ0n) is 11.3. The summed E-state index contributed by atoms with van der Waals surface area (Å²) in [5, 5.41) is 2.96. The van der Waals surface area contributed by atoms with Gasteiger partial charge in [0, 0.05) is 0 Å². The Morgan fingerprint density at radius 1 is 1.44 bits per heavy atom. The third-order valence-corrected chi connectivity index (χ3v) is 3.12. The molecule has 1 aromatic carbocycles. The standard InChI is InChI=1S/C14H20FNO2/c1-5-18-13(17)14(4,10(2)3)16-12-9-7-6-8-11(12)15/h6-10,16H,5H2,1-4H3. The van der Waals surface area contributed by atoms with Crippen LogP contribution in [-0.2, 0) is 9.53 Å². The van der Waals surface area contributed by atoms with E-state index < -0.39 is 5.54 Å². The number of nitrogens with one attached hydrogen (secondary N) is 1. The van der Waals surface area contributed by atoms with Crippen LogP contribution in [0.2, 0.25) is 0 Å². The molecule has 18 heavy (non-hydrogen) atoms. The molecule has 0 aromatic heterocycles. The van der Waals surface area contributed by atoms with Crippen molar-refractivity contribution in [3.8, 4) is 0 Å². The van der Waals surface area contributed by atoms with Gasteiger partial charge in [-0.25, -0.2) is 9.18 Å². The molecule has 1 aromatic rings. The van der Waals surface area contributed by atoms with Crippen LogP contribution < -0.4 is 5.32 Å². The van der Waals surface area contributed by atoms with E-state index in [0.717, 1.165) is 0 Å². The maximum atomic E-state index is 13.6. The number of carbonyl (C=O) groups excluding carboxylic acids is 1. The minimum Gasteiger partial charge on any atom is -0.464 e. The molecule has 0 saturated carbocycles. The second-order valence-electron chi connectivity index (χ2n) is 4.68. The summed E-state index contributed by atoms with van der Waals surface area (Å²) in [6.07, 6.45) is 0. The van der Waals surface area contributed by atoms with E-state index in [0.29, 0.717) is 12.3 Å². The van der Waals surface area contributed by atoms with Crippen LogP contribution in [0.15, 0.2) is 24.3 Å². The quantitative estimate of drug-likeness (QED) is 0.819. The van der Waals surface area contributed by atoms with E-state index in [1.807, 2.05) is 13.8 Å². The summed E-state index contributed by atoms with van der Waals surface area (Å²) < 4.78 is 18.7. The van der Waals surface area contributed by atoms with E-state index in [9.17, 15) is 9.18 Å². The van der Waals surface area contributed by atoms with Gasteiger partial charge in [-0.3, -0.25) is 0 Å². The van der Waals surface area contributed by atoms with Gasteiger partial charge in [0.2, 0.25) is 0 Å². The summed E-state index contributed by atoms with van der Waals surface area (Å²) in [6.45, 7) is 7.57. The highest BCUT2D eigenvalue weighted by Crippen LogP contribution is 2.26. The van der Waals surface area contributed by atoms with Gasteiger partial charge >= 0.3 is 5.97 Å². The third kappa shape index (κ3) is 3.00. The number of rotatable bonds is 5. The topological polar surface area (TPSA) is 38.3 Å². The van der Waals surface area contributed by atoms with Gasteiger partial charge < -0.3 is 10.1 Å². The normalized spacial score (nSPS) is 14.1. The van der Waals surface area contributed by atoms with Crippen molar-refractivity contribution in [2.75, 3.05) is 11.9 Å². The van der Waals surface area contributed by atoms with Crippen LogP contribution in [0.4, 0.5) is 10.1 Å². The first-order valence-electron chi connectivity index (χ1n) is 6.11. The third-order valence-electron chi connectivity index (χ3n) is 3.12. The van der Waals surface area contributed by atoms with E-state index >= 15 is 0 Å². The lowest BCUT2D eigenvalue weighted by atomic mass is 9.88. The molecular formula is C14H20FNO2. The van der Waals surface area contributed by atoms with Gasteiger partial charge in [-0.15, -0.1) is 0 Å². The number of para-hydroxylation sites is 1. The predicted molar refractivity (Wildman–Crippen MR) is 69.9 cm³/mol. The zero-order valence-corrected chi connectivity index (χ0v) is 11.3. The molecule has 0 bridgehead atoms. The Bertz CT molecular complexity index is 420. The van der Waals surface area contributed by atoms with Crippen molar-refractivity contribution in [2.45, 2.75) is 33.2 Å². The van der Waals surface area contributed by atoms with Gasteiger partial charge in [0.05, 0.1) is 12.3 Å². The molecule has 0 aliphatic heterocycles. The highest BCUT2D eigenvalue weighted by molar-refractivity contribution is 5.84. The molecule has 0 radical (unpaired) electrons. The molecule has 100 valence electrons. The molecule has 0 aliphatic rings. The second kappa shape index (κ2) is 5.85. The molecule has 0 fully saturated rings. The minimum atomic E-state index is -0.946. The summed E-state index contributed by atoms with van der Waals surface area (Å²) in [5.74, 6) is -0.784. The van der Waals surface area contributed by atoms with Gasteiger partial charge in [-0.2, -0.15) is 0 Å². The van der Waals surface area contributed by atoms with Crippen molar-refractivity contribution in [3.63, 3.8) is 0 Å². The number of hydrogen-bond donors (Lipinski definition) is 1. The molecule has 0 aliphatic carbocycles. The highest BCUT2D eigenvalue weighted by Gasteiger charge is 2.38. The van der Waals surface area contributed by atoms with E-state index in [1.54, 1.807) is 32.0 Å². The maximum absolute atomic E-state index is 13.6. The predicted octanol–water partition coefficient (Wildman–Crippen LogP) is 3.22. The molecule has 1 rings (SSSR count). The van der Waals surface area contributed by atoms with Gasteiger partial charge in [0.15, 0.2) is 0 Å². The van der Waals surface area contributed by atoms with Crippen molar-refractivity contribution < 1.29 is 13.9 Å². The SMILES string of the molecule is CCOC(=O)C(C)(Nc1ccccc1F)C(C)C. The van der Waals surface area contributed by atoms with Crippen LogP contribution in [0, 0.1) is 11.7 Å². The van der Waals surface area contributed by atoms with Gasteiger partial charge in [0.25, 0.3) is 0 Å². The average Bonchev–Trinajstić information content (AvgIpc) is 2.32. The summed E-state index contributed by atoms with van der Waals surface area (Å²) in [5.41, 5.74) is -0.639. The van der Waals surface area contributed by atoms with Crippen LogP contribution >= 0.6 is 0 Å². The van der Waals surface area contributed by atoms with Crippen LogP contribution in [0.25, 0.3) is 0 Å². The number of benzene rings is 1. The summed E-state index contributed by atoms with van der Waals surface area (Å²) in [4.78, 5) is 12.0. The maximum Gasteiger partial charge on any atom is 0.331 e. The van der Waals surface area contributed by atoms with Crippen molar-refractivity contribution in [1.82, 2.24) is 0 Å². The first-order valence-corrected chi connectivity index (χ1v) is 6.11.